The lowest BCUT2D eigenvalue weighted by Gasteiger charge is -2.17. The van der Waals surface area contributed by atoms with E-state index in [-0.39, 0.29) is 11.6 Å². The molecule has 0 saturated heterocycles. The van der Waals surface area contributed by atoms with Gasteiger partial charge < -0.3 is 14.6 Å². The first-order valence-electron chi connectivity index (χ1n) is 6.27. The number of rotatable bonds is 4. The van der Waals surface area contributed by atoms with Crippen LogP contribution in [0, 0.1) is 5.82 Å². The predicted octanol–water partition coefficient (Wildman–Crippen LogP) is 1.80. The maximum atomic E-state index is 12.9. The van der Waals surface area contributed by atoms with Gasteiger partial charge in [0.05, 0.1) is 6.20 Å². The van der Waals surface area contributed by atoms with Gasteiger partial charge in [0, 0.05) is 24.8 Å². The van der Waals surface area contributed by atoms with Crippen LogP contribution < -0.4 is 5.43 Å². The van der Waals surface area contributed by atoms with Crippen LogP contribution in [-0.2, 0) is 13.1 Å². The van der Waals surface area contributed by atoms with E-state index in [9.17, 15) is 14.3 Å². The summed E-state index contributed by atoms with van der Waals surface area (Å²) in [6.07, 6.45) is 1.42. The Morgan fingerprint density at radius 2 is 1.90 bits per heavy atom. The third-order valence-corrected chi connectivity index (χ3v) is 2.94. The Morgan fingerprint density at radius 3 is 2.50 bits per heavy atom. The van der Waals surface area contributed by atoms with Crippen molar-refractivity contribution in [3.05, 3.63) is 63.8 Å². The number of hydrogen-bond acceptors (Lipinski definition) is 3. The summed E-state index contributed by atoms with van der Waals surface area (Å²) < 4.78 is 14.7. The summed E-state index contributed by atoms with van der Waals surface area (Å²) in [6, 6.07) is 7.58. The summed E-state index contributed by atoms with van der Waals surface area (Å²) in [6.45, 7) is 1.05. The molecule has 1 heterocycles. The minimum absolute atomic E-state index is 0.283. The third-order valence-electron chi connectivity index (χ3n) is 2.94. The van der Waals surface area contributed by atoms with Gasteiger partial charge in [-0.3, -0.25) is 4.79 Å². The van der Waals surface area contributed by atoms with Crippen LogP contribution in [0.15, 0.2) is 41.3 Å². The van der Waals surface area contributed by atoms with Crippen LogP contribution in [0.5, 0.6) is 5.75 Å². The zero-order chi connectivity index (χ0) is 14.7. The van der Waals surface area contributed by atoms with Crippen molar-refractivity contribution in [3.8, 4) is 5.75 Å². The van der Waals surface area contributed by atoms with Gasteiger partial charge in [0.15, 0.2) is 5.75 Å². The summed E-state index contributed by atoms with van der Waals surface area (Å²) in [7, 11) is 3.80. The lowest BCUT2D eigenvalue weighted by Crippen LogP contribution is -2.19. The zero-order valence-corrected chi connectivity index (χ0v) is 11.5. The highest BCUT2D eigenvalue weighted by Crippen LogP contribution is 2.11. The Hall–Kier alpha value is -2.14. The molecule has 20 heavy (non-hydrogen) atoms. The standard InChI is InChI=1S/C15H17FN2O2/c1-17(2)9-13-7-14(19)15(20)10-18(13)8-11-3-5-12(16)6-4-11/h3-7,10,20H,8-9H2,1-2H3. The van der Waals surface area contributed by atoms with E-state index in [1.54, 1.807) is 16.7 Å². The molecule has 0 aliphatic rings. The minimum atomic E-state index is -0.391. The van der Waals surface area contributed by atoms with E-state index >= 15 is 0 Å². The summed E-state index contributed by atoms with van der Waals surface area (Å²) in [5.74, 6) is -0.570. The van der Waals surface area contributed by atoms with E-state index in [0.29, 0.717) is 13.1 Å². The molecular formula is C15H17FN2O2. The fraction of sp³-hybridized carbons (Fsp3) is 0.267. The van der Waals surface area contributed by atoms with Crippen LogP contribution >= 0.6 is 0 Å². The first kappa shape index (κ1) is 14.3. The van der Waals surface area contributed by atoms with Crippen molar-refractivity contribution < 1.29 is 9.50 Å². The SMILES string of the molecule is CN(C)Cc1cc(=O)c(O)cn1Cc1ccc(F)cc1. The number of nitrogens with zero attached hydrogens (tertiary/aromatic N) is 2. The zero-order valence-electron chi connectivity index (χ0n) is 11.5. The molecular weight excluding hydrogens is 259 g/mol. The maximum Gasteiger partial charge on any atom is 0.223 e. The van der Waals surface area contributed by atoms with Crippen LogP contribution in [0.4, 0.5) is 4.39 Å². The molecule has 1 N–H and O–H groups in total. The summed E-state index contributed by atoms with van der Waals surface area (Å²) in [5.41, 5.74) is 1.30. The Bertz CT molecular complexity index is 648. The quantitative estimate of drug-likeness (QED) is 0.926. The van der Waals surface area contributed by atoms with Gasteiger partial charge in [-0.25, -0.2) is 4.39 Å². The van der Waals surface area contributed by atoms with Gasteiger partial charge in [-0.2, -0.15) is 0 Å². The van der Waals surface area contributed by atoms with Gasteiger partial charge >= 0.3 is 0 Å². The predicted molar refractivity (Wildman–Crippen MR) is 75.3 cm³/mol. The van der Waals surface area contributed by atoms with Crippen LogP contribution in [0.1, 0.15) is 11.3 Å². The fourth-order valence-electron chi connectivity index (χ4n) is 2.00. The molecule has 5 heteroatoms. The average molecular weight is 276 g/mol. The van der Waals surface area contributed by atoms with Gasteiger partial charge in [0.1, 0.15) is 5.82 Å². The normalized spacial score (nSPS) is 11.0. The average Bonchev–Trinajstić information content (AvgIpc) is 2.37. The molecule has 4 nitrogen and oxygen atoms in total. The molecule has 0 spiro atoms. The number of halogens is 1. The van der Waals surface area contributed by atoms with Crippen molar-refractivity contribution in [2.45, 2.75) is 13.1 Å². The summed E-state index contributed by atoms with van der Waals surface area (Å²) in [5, 5.41) is 9.57. The second kappa shape index (κ2) is 5.88. The van der Waals surface area contributed by atoms with E-state index in [4.69, 9.17) is 0 Å². The molecule has 1 aromatic heterocycles. The minimum Gasteiger partial charge on any atom is -0.503 e. The van der Waals surface area contributed by atoms with Crippen LogP contribution in [0.3, 0.4) is 0 Å². The molecule has 2 rings (SSSR count). The Balaban J connectivity index is 2.36. The highest BCUT2D eigenvalue weighted by atomic mass is 19.1. The van der Waals surface area contributed by atoms with Gasteiger partial charge in [-0.05, 0) is 31.8 Å². The number of pyridine rings is 1. The van der Waals surface area contributed by atoms with Gasteiger partial charge in [-0.1, -0.05) is 12.1 Å². The number of aromatic nitrogens is 1. The Kier molecular flexibility index (Phi) is 4.20. The molecule has 0 atom stereocenters. The molecule has 0 saturated carbocycles. The lowest BCUT2D eigenvalue weighted by atomic mass is 10.2. The second-order valence-electron chi connectivity index (χ2n) is 5.01. The van der Waals surface area contributed by atoms with Crippen LogP contribution in [0.2, 0.25) is 0 Å². The third kappa shape index (κ3) is 3.45. The van der Waals surface area contributed by atoms with Crippen molar-refractivity contribution in [1.82, 2.24) is 9.47 Å². The Labute approximate surface area is 116 Å². The topological polar surface area (TPSA) is 45.5 Å². The van der Waals surface area contributed by atoms with E-state index in [1.807, 2.05) is 19.0 Å². The molecule has 0 aliphatic carbocycles. The summed E-state index contributed by atoms with van der Waals surface area (Å²) >= 11 is 0. The van der Waals surface area contributed by atoms with E-state index < -0.39 is 5.43 Å². The van der Waals surface area contributed by atoms with Crippen molar-refractivity contribution >= 4 is 0 Å². The van der Waals surface area contributed by atoms with Crippen molar-refractivity contribution in [2.75, 3.05) is 14.1 Å². The number of benzene rings is 1. The van der Waals surface area contributed by atoms with Crippen molar-refractivity contribution in [1.29, 1.82) is 0 Å². The number of hydrogen-bond donors (Lipinski definition) is 1. The highest BCUT2D eigenvalue weighted by Gasteiger charge is 2.07. The molecule has 0 radical (unpaired) electrons. The first-order chi connectivity index (χ1) is 9.45. The Morgan fingerprint density at radius 1 is 1.25 bits per heavy atom. The van der Waals surface area contributed by atoms with E-state index in [2.05, 4.69) is 0 Å². The van der Waals surface area contributed by atoms with E-state index in [1.165, 1.54) is 24.4 Å². The van der Waals surface area contributed by atoms with Gasteiger partial charge in [-0.15, -0.1) is 0 Å². The van der Waals surface area contributed by atoms with Crippen LogP contribution in [-0.4, -0.2) is 28.7 Å². The van der Waals surface area contributed by atoms with Crippen molar-refractivity contribution in [3.63, 3.8) is 0 Å². The summed E-state index contributed by atoms with van der Waals surface area (Å²) in [4.78, 5) is 13.5. The largest absolute Gasteiger partial charge is 0.503 e. The molecule has 0 aliphatic heterocycles. The maximum absolute atomic E-state index is 12.9. The number of aromatic hydroxyl groups is 1. The molecule has 0 fully saturated rings. The molecule has 0 unspecified atom stereocenters. The van der Waals surface area contributed by atoms with Gasteiger partial charge in [0.2, 0.25) is 5.43 Å². The fourth-order valence-corrected chi connectivity index (χ4v) is 2.00. The monoisotopic (exact) mass is 276 g/mol. The molecule has 106 valence electrons. The second-order valence-corrected chi connectivity index (χ2v) is 5.01. The lowest BCUT2D eigenvalue weighted by molar-refractivity contribution is 0.384. The highest BCUT2D eigenvalue weighted by molar-refractivity contribution is 5.23. The first-order valence-corrected chi connectivity index (χ1v) is 6.27. The molecule has 2 aromatic rings. The smallest absolute Gasteiger partial charge is 0.223 e. The van der Waals surface area contributed by atoms with Crippen LogP contribution in [0.25, 0.3) is 0 Å². The molecule has 0 amide bonds. The van der Waals surface area contributed by atoms with E-state index in [0.717, 1.165) is 11.3 Å². The van der Waals surface area contributed by atoms with Crippen molar-refractivity contribution in [2.24, 2.45) is 0 Å². The van der Waals surface area contributed by atoms with Gasteiger partial charge in [0.25, 0.3) is 0 Å². The molecule has 0 bridgehead atoms. The molecule has 1 aromatic carbocycles.